The van der Waals surface area contributed by atoms with E-state index in [2.05, 4.69) is 0 Å². The van der Waals surface area contributed by atoms with Crippen molar-refractivity contribution in [2.45, 2.75) is 18.6 Å². The Balaban J connectivity index is 2.49. The van der Waals surface area contributed by atoms with Crippen LogP contribution in [0.25, 0.3) is 0 Å². The van der Waals surface area contributed by atoms with E-state index in [9.17, 15) is 18.0 Å². The molecule has 0 saturated carbocycles. The maximum Gasteiger partial charge on any atom is 0.405 e. The van der Waals surface area contributed by atoms with Crippen LogP contribution in [0.2, 0.25) is 5.02 Å². The number of hydrogen-bond acceptors (Lipinski definition) is 3. The highest BCUT2D eigenvalue weighted by atomic mass is 35.5. The highest BCUT2D eigenvalue weighted by Crippen LogP contribution is 2.39. The lowest BCUT2D eigenvalue weighted by molar-refractivity contribution is -0.125. The van der Waals surface area contributed by atoms with Crippen LogP contribution >= 0.6 is 11.6 Å². The van der Waals surface area contributed by atoms with Gasteiger partial charge in [-0.1, -0.05) is 11.6 Å². The van der Waals surface area contributed by atoms with Gasteiger partial charge in [0.2, 0.25) is 5.91 Å². The van der Waals surface area contributed by atoms with Gasteiger partial charge < -0.3 is 10.6 Å². The molecule has 1 heterocycles. The number of hydrogen-bond donors (Lipinski definition) is 1. The number of amides is 1. The summed E-state index contributed by atoms with van der Waals surface area (Å²) in [5, 5.41) is 8.93. The number of alkyl halides is 3. The smallest absolute Gasteiger partial charge is 0.368 e. The first-order valence-corrected chi connectivity index (χ1v) is 5.96. The topological polar surface area (TPSA) is 70.1 Å². The number of nitriles is 1. The summed E-state index contributed by atoms with van der Waals surface area (Å²) in [5.41, 5.74) is 5.84. The second kappa shape index (κ2) is 4.87. The Hall–Kier alpha value is -1.94. The molecule has 106 valence electrons. The number of rotatable bonds is 2. The van der Waals surface area contributed by atoms with Crippen molar-refractivity contribution in [3.8, 4) is 6.07 Å². The largest absolute Gasteiger partial charge is 0.405 e. The Morgan fingerprint density at radius 1 is 1.55 bits per heavy atom. The molecule has 2 rings (SSSR count). The van der Waals surface area contributed by atoms with Gasteiger partial charge in [-0.2, -0.15) is 18.4 Å². The molecule has 0 aliphatic carbocycles. The van der Waals surface area contributed by atoms with E-state index in [0.29, 0.717) is 5.56 Å². The van der Waals surface area contributed by atoms with Gasteiger partial charge in [0.15, 0.2) is 0 Å². The summed E-state index contributed by atoms with van der Waals surface area (Å²) in [6.07, 6.45) is -4.51. The maximum absolute atomic E-state index is 12.6. The average Bonchev–Trinajstić information content (AvgIpc) is 2.67. The van der Waals surface area contributed by atoms with Crippen molar-refractivity contribution in [1.82, 2.24) is 0 Å². The molecule has 0 saturated heterocycles. The highest BCUT2D eigenvalue weighted by Gasteiger charge is 2.41. The fourth-order valence-electron chi connectivity index (χ4n) is 2.27. The average molecular weight is 304 g/mol. The number of fused-ring (bicyclic) bond motifs is 1. The summed E-state index contributed by atoms with van der Waals surface area (Å²) >= 11 is 5.98. The van der Waals surface area contributed by atoms with E-state index < -0.39 is 24.7 Å². The summed E-state index contributed by atoms with van der Waals surface area (Å²) in [6.45, 7) is -1.30. The van der Waals surface area contributed by atoms with Gasteiger partial charge in [0.05, 0.1) is 10.6 Å². The Morgan fingerprint density at radius 3 is 2.70 bits per heavy atom. The van der Waals surface area contributed by atoms with Crippen molar-refractivity contribution in [2.24, 2.45) is 5.73 Å². The predicted molar refractivity (Wildman–Crippen MR) is 66.3 cm³/mol. The lowest BCUT2D eigenvalue weighted by Gasteiger charge is -2.26. The molecule has 1 unspecified atom stereocenters. The number of carbonyl (C=O) groups is 1. The van der Waals surface area contributed by atoms with E-state index >= 15 is 0 Å². The fourth-order valence-corrected chi connectivity index (χ4v) is 2.55. The molecule has 2 N–H and O–H groups in total. The quantitative estimate of drug-likeness (QED) is 0.908. The molecule has 0 aromatic heterocycles. The van der Waals surface area contributed by atoms with Crippen molar-refractivity contribution < 1.29 is 18.0 Å². The van der Waals surface area contributed by atoms with E-state index in [0.717, 1.165) is 4.90 Å². The van der Waals surface area contributed by atoms with Gasteiger partial charge in [0.25, 0.3) is 0 Å². The van der Waals surface area contributed by atoms with Crippen LogP contribution in [0.15, 0.2) is 12.1 Å². The number of nitrogens with two attached hydrogens (primary N) is 1. The van der Waals surface area contributed by atoms with E-state index in [1.165, 1.54) is 12.1 Å². The minimum atomic E-state index is -4.48. The first-order chi connectivity index (χ1) is 9.24. The summed E-state index contributed by atoms with van der Waals surface area (Å²) in [6, 6.07) is 3.41. The third kappa shape index (κ3) is 2.51. The van der Waals surface area contributed by atoms with Gasteiger partial charge in [-0.15, -0.1) is 0 Å². The Kier molecular flexibility index (Phi) is 3.52. The number of halogens is 4. The van der Waals surface area contributed by atoms with Crippen molar-refractivity contribution in [1.29, 1.82) is 5.26 Å². The van der Waals surface area contributed by atoms with E-state index in [-0.39, 0.29) is 22.7 Å². The number of anilines is 1. The minimum absolute atomic E-state index is 0.0326. The molecule has 8 heteroatoms. The second-order valence-corrected chi connectivity index (χ2v) is 4.78. The molecule has 0 spiro atoms. The van der Waals surface area contributed by atoms with Gasteiger partial charge in [-0.05, 0) is 17.7 Å². The van der Waals surface area contributed by atoms with Crippen LogP contribution in [0.1, 0.15) is 11.1 Å². The molecule has 1 aliphatic heterocycles. The number of benzene rings is 1. The zero-order valence-electron chi connectivity index (χ0n) is 10.0. The van der Waals surface area contributed by atoms with Gasteiger partial charge >= 0.3 is 6.18 Å². The Bertz CT molecular complexity index is 609. The third-order valence-corrected chi connectivity index (χ3v) is 3.53. The lowest BCUT2D eigenvalue weighted by Crippen LogP contribution is -2.46. The number of primary amides is 1. The Morgan fingerprint density at radius 2 is 2.20 bits per heavy atom. The molecule has 20 heavy (non-hydrogen) atoms. The molecule has 1 aliphatic rings. The van der Waals surface area contributed by atoms with Crippen molar-refractivity contribution in [3.05, 3.63) is 28.3 Å². The zero-order chi connectivity index (χ0) is 15.1. The molecule has 1 amide bonds. The SMILES string of the molecule is N#Cc1ccc2c(c1Cl)CC(C(N)=O)N2CC(F)(F)F. The van der Waals surface area contributed by atoms with Gasteiger partial charge in [0, 0.05) is 12.1 Å². The number of nitrogens with zero attached hydrogens (tertiary/aromatic N) is 2. The zero-order valence-corrected chi connectivity index (χ0v) is 10.8. The summed E-state index contributed by atoms with van der Waals surface area (Å²) in [7, 11) is 0. The summed E-state index contributed by atoms with van der Waals surface area (Å²) < 4.78 is 37.8. The monoisotopic (exact) mass is 303 g/mol. The minimum Gasteiger partial charge on any atom is -0.368 e. The molecule has 1 atom stereocenters. The second-order valence-electron chi connectivity index (χ2n) is 4.40. The molecular formula is C12H9ClF3N3O. The standard InChI is InChI=1S/C12H9ClF3N3O/c13-10-6(4-17)1-2-8-7(10)3-9(11(18)20)19(8)5-12(14,15)16/h1-2,9H,3,5H2,(H2,18,20). The molecule has 1 aromatic carbocycles. The van der Waals surface area contributed by atoms with Gasteiger partial charge in [-0.3, -0.25) is 4.79 Å². The van der Waals surface area contributed by atoms with Crippen LogP contribution in [-0.2, 0) is 11.2 Å². The molecule has 0 fully saturated rings. The predicted octanol–water partition coefficient (Wildman–Crippen LogP) is 1.99. The molecule has 4 nitrogen and oxygen atoms in total. The third-order valence-electron chi connectivity index (χ3n) is 3.10. The van der Waals surface area contributed by atoms with Gasteiger partial charge in [-0.25, -0.2) is 0 Å². The van der Waals surface area contributed by atoms with E-state index in [1.54, 1.807) is 0 Å². The van der Waals surface area contributed by atoms with E-state index in [1.807, 2.05) is 6.07 Å². The van der Waals surface area contributed by atoms with Crippen LogP contribution in [0.3, 0.4) is 0 Å². The van der Waals surface area contributed by atoms with Crippen LogP contribution < -0.4 is 10.6 Å². The summed E-state index contributed by atoms with van der Waals surface area (Å²) in [4.78, 5) is 12.2. The first kappa shape index (κ1) is 14.5. The van der Waals surface area contributed by atoms with Crippen LogP contribution in [0.4, 0.5) is 18.9 Å². The van der Waals surface area contributed by atoms with Crippen LogP contribution in [0, 0.1) is 11.3 Å². The fraction of sp³-hybridized carbons (Fsp3) is 0.333. The maximum atomic E-state index is 12.6. The molecule has 0 bridgehead atoms. The molecular weight excluding hydrogens is 295 g/mol. The first-order valence-electron chi connectivity index (χ1n) is 5.59. The summed E-state index contributed by atoms with van der Waals surface area (Å²) in [5.74, 6) is -0.861. The van der Waals surface area contributed by atoms with Gasteiger partial charge in [0.1, 0.15) is 18.7 Å². The van der Waals surface area contributed by atoms with E-state index in [4.69, 9.17) is 22.6 Å². The Labute approximate surface area is 117 Å². The molecule has 1 aromatic rings. The van der Waals surface area contributed by atoms with Crippen LogP contribution in [0.5, 0.6) is 0 Å². The van der Waals surface area contributed by atoms with Crippen molar-refractivity contribution in [3.63, 3.8) is 0 Å². The normalized spacial score (nSPS) is 17.8. The number of carbonyl (C=O) groups excluding carboxylic acids is 1. The molecule has 0 radical (unpaired) electrons. The lowest BCUT2D eigenvalue weighted by atomic mass is 10.1. The van der Waals surface area contributed by atoms with Crippen LogP contribution in [-0.4, -0.2) is 24.7 Å². The highest BCUT2D eigenvalue weighted by molar-refractivity contribution is 6.33. The van der Waals surface area contributed by atoms with Crippen molar-refractivity contribution >= 4 is 23.2 Å². The van der Waals surface area contributed by atoms with Crippen molar-refractivity contribution in [2.75, 3.05) is 11.4 Å².